The third-order valence-electron chi connectivity index (χ3n) is 6.61. The second-order valence-electron chi connectivity index (χ2n) is 9.17. The number of halogens is 1. The Hall–Kier alpha value is -2.70. The van der Waals surface area contributed by atoms with Gasteiger partial charge >= 0.3 is 5.97 Å². The zero-order valence-electron chi connectivity index (χ0n) is 20.1. The Balaban J connectivity index is 1.58. The fourth-order valence-corrected chi connectivity index (χ4v) is 5.21. The van der Waals surface area contributed by atoms with E-state index in [-0.39, 0.29) is 30.4 Å². The van der Waals surface area contributed by atoms with Crippen molar-refractivity contribution >= 4 is 29.2 Å². The number of carbonyl (C=O) groups is 2. The van der Waals surface area contributed by atoms with Gasteiger partial charge in [0, 0.05) is 23.6 Å². The molecule has 0 spiro atoms. The van der Waals surface area contributed by atoms with Crippen molar-refractivity contribution in [3.05, 3.63) is 69.7 Å². The lowest BCUT2D eigenvalue weighted by molar-refractivity contribution is -0.150. The van der Waals surface area contributed by atoms with Gasteiger partial charge in [0.25, 0.3) is 5.91 Å². The average molecular weight is 482 g/mol. The number of amides is 1. The molecule has 1 fully saturated rings. The van der Waals surface area contributed by atoms with Gasteiger partial charge in [0.2, 0.25) is 0 Å². The summed E-state index contributed by atoms with van der Waals surface area (Å²) >= 11 is 6.54. The first-order valence-corrected chi connectivity index (χ1v) is 12.4. The molecule has 34 heavy (non-hydrogen) atoms. The summed E-state index contributed by atoms with van der Waals surface area (Å²) in [5.41, 5.74) is 5.16. The Morgan fingerprint density at radius 3 is 2.71 bits per heavy atom. The van der Waals surface area contributed by atoms with Crippen LogP contribution >= 0.6 is 11.6 Å². The molecule has 2 aromatic rings. The quantitative estimate of drug-likeness (QED) is 0.550. The lowest BCUT2D eigenvalue weighted by Gasteiger charge is -2.32. The highest BCUT2D eigenvalue weighted by molar-refractivity contribution is 6.31. The minimum Gasteiger partial charge on any atom is -0.466 e. The number of ether oxygens (including phenoxy) is 1. The molecule has 0 unspecified atom stereocenters. The van der Waals surface area contributed by atoms with Gasteiger partial charge in [0.05, 0.1) is 30.8 Å². The van der Waals surface area contributed by atoms with Crippen LogP contribution < -0.4 is 0 Å². The molecule has 0 aliphatic carbocycles. The Morgan fingerprint density at radius 1 is 1.18 bits per heavy atom. The SMILES string of the molecule is CCOC(=O)[C@@H]1CCCN(CC(=O)N2N=C(c3ccc(C)cc3C)C[C@H]2c2ccccc2Cl)C1. The van der Waals surface area contributed by atoms with Crippen molar-refractivity contribution < 1.29 is 14.3 Å². The summed E-state index contributed by atoms with van der Waals surface area (Å²) < 4.78 is 5.21. The molecular weight excluding hydrogens is 450 g/mol. The molecule has 2 heterocycles. The number of rotatable bonds is 6. The maximum absolute atomic E-state index is 13.5. The second kappa shape index (κ2) is 10.7. The summed E-state index contributed by atoms with van der Waals surface area (Å²) in [6.07, 6.45) is 2.26. The van der Waals surface area contributed by atoms with Gasteiger partial charge in [-0.25, -0.2) is 5.01 Å². The number of esters is 1. The van der Waals surface area contributed by atoms with E-state index in [1.54, 1.807) is 5.01 Å². The number of nitrogens with zero attached hydrogens (tertiary/aromatic N) is 3. The van der Waals surface area contributed by atoms with Gasteiger partial charge in [-0.15, -0.1) is 0 Å². The molecule has 1 saturated heterocycles. The highest BCUT2D eigenvalue weighted by Crippen LogP contribution is 2.37. The van der Waals surface area contributed by atoms with Crippen LogP contribution in [-0.2, 0) is 14.3 Å². The molecule has 2 aromatic carbocycles. The van der Waals surface area contributed by atoms with Crippen LogP contribution in [0.2, 0.25) is 5.02 Å². The Morgan fingerprint density at radius 2 is 1.97 bits per heavy atom. The van der Waals surface area contributed by atoms with E-state index in [2.05, 4.69) is 32.0 Å². The summed E-state index contributed by atoms with van der Waals surface area (Å²) in [6, 6.07) is 13.7. The summed E-state index contributed by atoms with van der Waals surface area (Å²) in [4.78, 5) is 27.8. The molecule has 6 nitrogen and oxygen atoms in total. The molecule has 0 aromatic heterocycles. The maximum atomic E-state index is 13.5. The second-order valence-corrected chi connectivity index (χ2v) is 9.58. The van der Waals surface area contributed by atoms with Crippen LogP contribution in [0.15, 0.2) is 47.6 Å². The first kappa shape index (κ1) is 24.4. The summed E-state index contributed by atoms with van der Waals surface area (Å²) in [7, 11) is 0. The van der Waals surface area contributed by atoms with Crippen molar-refractivity contribution in [1.29, 1.82) is 0 Å². The number of benzene rings is 2. The van der Waals surface area contributed by atoms with Crippen LogP contribution in [-0.4, -0.2) is 53.7 Å². The third kappa shape index (κ3) is 5.34. The molecule has 2 aliphatic heterocycles. The fourth-order valence-electron chi connectivity index (χ4n) is 4.94. The smallest absolute Gasteiger partial charge is 0.310 e. The van der Waals surface area contributed by atoms with Gasteiger partial charge in [-0.3, -0.25) is 14.5 Å². The lowest BCUT2D eigenvalue weighted by Crippen LogP contribution is -2.44. The van der Waals surface area contributed by atoms with E-state index in [1.807, 2.05) is 36.1 Å². The van der Waals surface area contributed by atoms with Crippen molar-refractivity contribution in [2.75, 3.05) is 26.2 Å². The minimum absolute atomic E-state index is 0.0887. The molecule has 4 rings (SSSR count). The predicted molar refractivity (Wildman–Crippen MR) is 134 cm³/mol. The van der Waals surface area contributed by atoms with Crippen LogP contribution in [0.25, 0.3) is 0 Å². The first-order valence-electron chi connectivity index (χ1n) is 12.0. The van der Waals surface area contributed by atoms with E-state index >= 15 is 0 Å². The molecule has 7 heteroatoms. The van der Waals surface area contributed by atoms with Crippen LogP contribution in [0.5, 0.6) is 0 Å². The number of likely N-dealkylation sites (tertiary alicyclic amines) is 1. The van der Waals surface area contributed by atoms with Crippen molar-refractivity contribution in [3.63, 3.8) is 0 Å². The summed E-state index contributed by atoms with van der Waals surface area (Å²) in [5.74, 6) is -0.451. The summed E-state index contributed by atoms with van der Waals surface area (Å²) in [6.45, 7) is 7.84. The van der Waals surface area contributed by atoms with Crippen LogP contribution in [0.1, 0.15) is 54.5 Å². The maximum Gasteiger partial charge on any atom is 0.310 e. The summed E-state index contributed by atoms with van der Waals surface area (Å²) in [5, 5.41) is 7.05. The monoisotopic (exact) mass is 481 g/mol. The van der Waals surface area contributed by atoms with Crippen molar-refractivity contribution in [2.45, 2.75) is 46.1 Å². The number of hydrogen-bond donors (Lipinski definition) is 0. The van der Waals surface area contributed by atoms with Gasteiger partial charge in [0.15, 0.2) is 0 Å². The molecule has 1 amide bonds. The predicted octanol–water partition coefficient (Wildman–Crippen LogP) is 4.91. The molecular formula is C27H32ClN3O3. The number of hydrazone groups is 1. The number of aryl methyl sites for hydroxylation is 2. The van der Waals surface area contributed by atoms with Crippen LogP contribution in [0, 0.1) is 19.8 Å². The Bertz CT molecular complexity index is 1100. The number of piperidine rings is 1. The molecule has 180 valence electrons. The Labute approximate surface area is 206 Å². The minimum atomic E-state index is -0.262. The van der Waals surface area contributed by atoms with E-state index in [9.17, 15) is 9.59 Å². The highest BCUT2D eigenvalue weighted by Gasteiger charge is 2.36. The zero-order chi connectivity index (χ0) is 24.2. The van der Waals surface area contributed by atoms with Crippen LogP contribution in [0.4, 0.5) is 0 Å². The Kier molecular flexibility index (Phi) is 7.69. The largest absolute Gasteiger partial charge is 0.466 e. The zero-order valence-corrected chi connectivity index (χ0v) is 20.8. The average Bonchev–Trinajstić information content (AvgIpc) is 3.25. The number of carbonyl (C=O) groups excluding carboxylic acids is 2. The van der Waals surface area contributed by atoms with Gasteiger partial charge in [0.1, 0.15) is 0 Å². The molecule has 0 radical (unpaired) electrons. The van der Waals surface area contributed by atoms with Crippen molar-refractivity contribution in [2.24, 2.45) is 11.0 Å². The van der Waals surface area contributed by atoms with E-state index in [0.717, 1.165) is 41.8 Å². The standard InChI is InChI=1S/C27H32ClN3O3/c1-4-34-27(33)20-8-7-13-30(16-20)17-26(32)31-25(22-9-5-6-10-23(22)28)15-24(29-31)21-12-11-18(2)14-19(21)3/h5-6,9-12,14,20,25H,4,7-8,13,15-17H2,1-3H3/t20-,25+/m1/s1. The van der Waals surface area contributed by atoms with E-state index in [1.165, 1.54) is 5.56 Å². The van der Waals surface area contributed by atoms with E-state index in [0.29, 0.717) is 24.6 Å². The molecule has 2 atom stereocenters. The number of hydrogen-bond acceptors (Lipinski definition) is 5. The van der Waals surface area contributed by atoms with Gasteiger partial charge in [-0.05, 0) is 57.4 Å². The third-order valence-corrected chi connectivity index (χ3v) is 6.95. The van der Waals surface area contributed by atoms with Gasteiger partial charge in [-0.1, -0.05) is 53.6 Å². The molecule has 0 N–H and O–H groups in total. The normalized spacial score (nSPS) is 20.8. The highest BCUT2D eigenvalue weighted by atomic mass is 35.5. The van der Waals surface area contributed by atoms with Crippen molar-refractivity contribution in [1.82, 2.24) is 9.91 Å². The first-order chi connectivity index (χ1) is 16.4. The molecule has 0 bridgehead atoms. The molecule has 2 aliphatic rings. The van der Waals surface area contributed by atoms with Gasteiger partial charge < -0.3 is 4.74 Å². The van der Waals surface area contributed by atoms with E-state index in [4.69, 9.17) is 21.4 Å². The van der Waals surface area contributed by atoms with Gasteiger partial charge in [-0.2, -0.15) is 5.10 Å². The van der Waals surface area contributed by atoms with E-state index < -0.39 is 0 Å². The van der Waals surface area contributed by atoms with Crippen LogP contribution in [0.3, 0.4) is 0 Å². The van der Waals surface area contributed by atoms with Crippen molar-refractivity contribution in [3.8, 4) is 0 Å². The fraction of sp³-hybridized carbons (Fsp3) is 0.444. The topological polar surface area (TPSA) is 62.2 Å². The molecule has 0 saturated carbocycles. The lowest BCUT2D eigenvalue weighted by atomic mass is 9.95.